The van der Waals surface area contributed by atoms with Crippen LogP contribution in [0.3, 0.4) is 0 Å². The number of benzene rings is 1. The van der Waals surface area contributed by atoms with Gasteiger partial charge in [-0.3, -0.25) is 0 Å². The maximum atomic E-state index is 5.39. The number of fused-ring (bicyclic) bond motifs is 1. The molecule has 0 bridgehead atoms. The molecule has 1 aromatic carbocycles. The Morgan fingerprint density at radius 1 is 1.10 bits per heavy atom. The second kappa shape index (κ2) is 5.97. The summed E-state index contributed by atoms with van der Waals surface area (Å²) in [7, 11) is 3.29. The third-order valence-corrected chi connectivity index (χ3v) is 3.44. The summed E-state index contributed by atoms with van der Waals surface area (Å²) in [5.41, 5.74) is 2.99. The van der Waals surface area contributed by atoms with Crippen LogP contribution in [0.15, 0.2) is 24.3 Å². The molecule has 21 heavy (non-hydrogen) atoms. The van der Waals surface area contributed by atoms with Crippen molar-refractivity contribution in [2.75, 3.05) is 26.1 Å². The van der Waals surface area contributed by atoms with Gasteiger partial charge in [-0.15, -0.1) is 0 Å². The minimum atomic E-state index is 0.541. The molecule has 0 fully saturated rings. The van der Waals surface area contributed by atoms with Crippen LogP contribution in [0, 0.1) is 0 Å². The van der Waals surface area contributed by atoms with Gasteiger partial charge in [0, 0.05) is 17.8 Å². The van der Waals surface area contributed by atoms with Gasteiger partial charge in [-0.2, -0.15) is 4.98 Å². The number of ether oxygens (including phenoxy) is 2. The second-order valence-corrected chi connectivity index (χ2v) is 4.76. The first-order valence-electron chi connectivity index (χ1n) is 6.85. The van der Waals surface area contributed by atoms with Gasteiger partial charge in [-0.05, 0) is 37.2 Å². The van der Waals surface area contributed by atoms with Gasteiger partial charge >= 0.3 is 0 Å². The van der Waals surface area contributed by atoms with Crippen LogP contribution in [0.5, 0.6) is 11.6 Å². The van der Waals surface area contributed by atoms with Crippen molar-refractivity contribution in [1.82, 2.24) is 15.3 Å². The van der Waals surface area contributed by atoms with Crippen molar-refractivity contribution in [2.45, 2.75) is 13.0 Å². The monoisotopic (exact) mass is 286 g/mol. The number of nitrogens with one attached hydrogen (secondary N) is 2. The molecule has 0 saturated carbocycles. The molecule has 6 nitrogen and oxygen atoms in total. The molecule has 0 spiro atoms. The van der Waals surface area contributed by atoms with Crippen LogP contribution in [0.1, 0.15) is 11.3 Å². The quantitative estimate of drug-likeness (QED) is 0.894. The molecule has 0 unspecified atom stereocenters. The summed E-state index contributed by atoms with van der Waals surface area (Å²) >= 11 is 0. The summed E-state index contributed by atoms with van der Waals surface area (Å²) < 4.78 is 10.5. The summed E-state index contributed by atoms with van der Waals surface area (Å²) in [6.07, 6.45) is 0.890. The first kappa shape index (κ1) is 13.6. The minimum Gasteiger partial charge on any atom is -0.497 e. The highest BCUT2D eigenvalue weighted by Crippen LogP contribution is 2.25. The summed E-state index contributed by atoms with van der Waals surface area (Å²) in [5.74, 6) is 2.01. The van der Waals surface area contributed by atoms with E-state index in [1.165, 1.54) is 0 Å². The van der Waals surface area contributed by atoms with E-state index < -0.39 is 0 Å². The molecule has 2 aromatic rings. The molecule has 1 aromatic heterocycles. The molecule has 2 N–H and O–H groups in total. The van der Waals surface area contributed by atoms with Gasteiger partial charge in [0.05, 0.1) is 19.9 Å². The van der Waals surface area contributed by atoms with Crippen LogP contribution in [-0.2, 0) is 13.0 Å². The Labute approximate surface area is 123 Å². The van der Waals surface area contributed by atoms with E-state index in [-0.39, 0.29) is 0 Å². The van der Waals surface area contributed by atoms with Crippen molar-refractivity contribution in [2.24, 2.45) is 0 Å². The molecule has 0 atom stereocenters. The second-order valence-electron chi connectivity index (χ2n) is 4.76. The van der Waals surface area contributed by atoms with Gasteiger partial charge in [0.15, 0.2) is 0 Å². The smallest absolute Gasteiger partial charge is 0.230 e. The van der Waals surface area contributed by atoms with E-state index in [4.69, 9.17) is 9.47 Å². The molecule has 0 aliphatic carbocycles. The highest BCUT2D eigenvalue weighted by molar-refractivity contribution is 5.55. The molecule has 110 valence electrons. The molecule has 3 rings (SSSR count). The first-order valence-corrected chi connectivity index (χ1v) is 6.85. The first-order chi connectivity index (χ1) is 10.3. The molecule has 1 aliphatic rings. The van der Waals surface area contributed by atoms with Crippen molar-refractivity contribution in [3.8, 4) is 11.6 Å². The lowest BCUT2D eigenvalue weighted by Crippen LogP contribution is -2.26. The van der Waals surface area contributed by atoms with E-state index in [0.29, 0.717) is 11.8 Å². The van der Waals surface area contributed by atoms with Gasteiger partial charge in [0.1, 0.15) is 5.75 Å². The lowest BCUT2D eigenvalue weighted by atomic mass is 10.1. The fourth-order valence-corrected chi connectivity index (χ4v) is 2.35. The Morgan fingerprint density at radius 3 is 2.62 bits per heavy atom. The Morgan fingerprint density at radius 2 is 1.90 bits per heavy atom. The number of hydrogen-bond acceptors (Lipinski definition) is 6. The standard InChI is InChI=1S/C15H18N4O2/c1-20-11-5-3-10(4-6-11)17-15-18-13-9-16-8-7-12(13)14(19-15)21-2/h3-6,16H,7-9H2,1-2H3,(H,17,18,19). The zero-order valence-electron chi connectivity index (χ0n) is 12.1. The van der Waals surface area contributed by atoms with Gasteiger partial charge < -0.3 is 20.1 Å². The molecular formula is C15H18N4O2. The molecule has 0 saturated heterocycles. The zero-order chi connectivity index (χ0) is 14.7. The van der Waals surface area contributed by atoms with E-state index in [2.05, 4.69) is 20.6 Å². The summed E-state index contributed by atoms with van der Waals surface area (Å²) in [6, 6.07) is 7.62. The topological polar surface area (TPSA) is 68.3 Å². The normalized spacial score (nSPS) is 13.4. The van der Waals surface area contributed by atoms with Gasteiger partial charge in [0.2, 0.25) is 11.8 Å². The minimum absolute atomic E-state index is 0.541. The number of rotatable bonds is 4. The van der Waals surface area contributed by atoms with E-state index in [9.17, 15) is 0 Å². The average molecular weight is 286 g/mol. The number of anilines is 2. The van der Waals surface area contributed by atoms with Crippen LogP contribution in [0.25, 0.3) is 0 Å². The van der Waals surface area contributed by atoms with Crippen LogP contribution in [0.2, 0.25) is 0 Å². The predicted molar refractivity (Wildman–Crippen MR) is 80.3 cm³/mol. The third-order valence-electron chi connectivity index (χ3n) is 3.44. The maximum Gasteiger partial charge on any atom is 0.230 e. The number of nitrogens with zero attached hydrogens (tertiary/aromatic N) is 2. The van der Waals surface area contributed by atoms with Crippen molar-refractivity contribution in [1.29, 1.82) is 0 Å². The molecule has 6 heteroatoms. The third kappa shape index (κ3) is 2.90. The molecule has 0 radical (unpaired) electrons. The number of methoxy groups -OCH3 is 2. The van der Waals surface area contributed by atoms with Crippen molar-refractivity contribution < 1.29 is 9.47 Å². The van der Waals surface area contributed by atoms with Crippen molar-refractivity contribution in [3.63, 3.8) is 0 Å². The number of hydrogen-bond donors (Lipinski definition) is 2. The zero-order valence-corrected chi connectivity index (χ0v) is 12.1. The lowest BCUT2D eigenvalue weighted by Gasteiger charge is -2.19. The summed E-state index contributed by atoms with van der Waals surface area (Å²) in [4.78, 5) is 9.00. The Bertz CT molecular complexity index is 611. The largest absolute Gasteiger partial charge is 0.497 e. The molecule has 0 amide bonds. The highest BCUT2D eigenvalue weighted by atomic mass is 16.5. The maximum absolute atomic E-state index is 5.39. The van der Waals surface area contributed by atoms with E-state index >= 15 is 0 Å². The highest BCUT2D eigenvalue weighted by Gasteiger charge is 2.18. The Kier molecular flexibility index (Phi) is 3.87. The van der Waals surface area contributed by atoms with E-state index in [0.717, 1.165) is 42.2 Å². The Balaban J connectivity index is 1.87. The molecular weight excluding hydrogens is 268 g/mol. The van der Waals surface area contributed by atoms with Crippen molar-refractivity contribution >= 4 is 11.6 Å². The van der Waals surface area contributed by atoms with Crippen molar-refractivity contribution in [3.05, 3.63) is 35.5 Å². The van der Waals surface area contributed by atoms with Crippen LogP contribution in [0.4, 0.5) is 11.6 Å². The predicted octanol–water partition coefficient (Wildman–Crippen LogP) is 1.88. The fraction of sp³-hybridized carbons (Fsp3) is 0.333. The van der Waals surface area contributed by atoms with Crippen LogP contribution >= 0.6 is 0 Å². The Hall–Kier alpha value is -2.34. The average Bonchev–Trinajstić information content (AvgIpc) is 2.55. The molecule has 1 aliphatic heterocycles. The van der Waals surface area contributed by atoms with Crippen LogP contribution in [-0.4, -0.2) is 30.7 Å². The SMILES string of the molecule is COc1ccc(Nc2nc3c(c(OC)n2)CCNC3)cc1. The summed E-state index contributed by atoms with van der Waals surface area (Å²) in [5, 5.41) is 6.50. The van der Waals surface area contributed by atoms with E-state index in [1.54, 1.807) is 14.2 Å². The van der Waals surface area contributed by atoms with E-state index in [1.807, 2.05) is 24.3 Å². The van der Waals surface area contributed by atoms with Gasteiger partial charge in [0.25, 0.3) is 0 Å². The fourth-order valence-electron chi connectivity index (χ4n) is 2.35. The van der Waals surface area contributed by atoms with Crippen LogP contribution < -0.4 is 20.1 Å². The van der Waals surface area contributed by atoms with Gasteiger partial charge in [-0.1, -0.05) is 0 Å². The summed E-state index contributed by atoms with van der Waals surface area (Å²) in [6.45, 7) is 1.67. The lowest BCUT2D eigenvalue weighted by molar-refractivity contribution is 0.387. The van der Waals surface area contributed by atoms with Gasteiger partial charge in [-0.25, -0.2) is 4.98 Å². The molecule has 2 heterocycles. The number of aromatic nitrogens is 2.